The van der Waals surface area contributed by atoms with Crippen LogP contribution in [0, 0.1) is 0 Å². The summed E-state index contributed by atoms with van der Waals surface area (Å²) in [6, 6.07) is 0. The molecule has 0 saturated carbocycles. The number of allylic oxidation sites excluding steroid dienone is 4. The van der Waals surface area contributed by atoms with Gasteiger partial charge in [0.05, 0.1) is 0 Å². The number of carbonyl (C=O) groups is 2. The molecule has 46 heavy (non-hydrogen) atoms. The number of carbonyl (C=O) groups excluding carboxylic acids is 2. The van der Waals surface area contributed by atoms with Gasteiger partial charge in [-0.3, -0.25) is 14.5 Å². The summed E-state index contributed by atoms with van der Waals surface area (Å²) in [5, 5.41) is 0. The Labute approximate surface area is 285 Å². The highest BCUT2D eigenvalue weighted by atomic mass is 16.6. The van der Waals surface area contributed by atoms with Crippen LogP contribution in [0.1, 0.15) is 194 Å². The fourth-order valence-electron chi connectivity index (χ4n) is 6.29. The van der Waals surface area contributed by atoms with Crippen LogP contribution in [0.4, 0.5) is 0 Å². The van der Waals surface area contributed by atoms with E-state index < -0.39 is 0 Å². The number of rotatable bonds is 32. The van der Waals surface area contributed by atoms with Crippen molar-refractivity contribution >= 4 is 11.9 Å². The molecule has 1 aliphatic heterocycles. The second-order valence-corrected chi connectivity index (χ2v) is 13.9. The number of hydrogen-bond donors (Lipinski definition) is 0. The number of likely N-dealkylation sites (tertiary alicyclic amines) is 1. The number of nitrogens with zero attached hydrogens (tertiary/aromatic N) is 1. The molecule has 0 aromatic carbocycles. The third-order valence-electron chi connectivity index (χ3n) is 9.25. The van der Waals surface area contributed by atoms with Gasteiger partial charge in [0.25, 0.3) is 0 Å². The fourth-order valence-corrected chi connectivity index (χ4v) is 6.29. The Morgan fingerprint density at radius 2 is 0.761 bits per heavy atom. The normalized spacial score (nSPS) is 17.0. The Bertz CT molecular complexity index is 702. The van der Waals surface area contributed by atoms with Crippen molar-refractivity contribution in [3.05, 3.63) is 24.3 Å². The second-order valence-electron chi connectivity index (χ2n) is 13.9. The number of likely N-dealkylation sites (N-methyl/N-ethyl adjacent to an activating group) is 1. The van der Waals surface area contributed by atoms with Gasteiger partial charge in [0.15, 0.2) is 12.2 Å². The zero-order chi connectivity index (χ0) is 33.3. The Balaban J connectivity index is 2.01. The summed E-state index contributed by atoms with van der Waals surface area (Å²) in [6.45, 7) is 5.79. The van der Waals surface area contributed by atoms with Crippen LogP contribution in [-0.2, 0) is 19.1 Å². The van der Waals surface area contributed by atoms with Gasteiger partial charge < -0.3 is 9.47 Å². The molecule has 1 fully saturated rings. The third-order valence-corrected chi connectivity index (χ3v) is 9.25. The number of hydrogen-bond acceptors (Lipinski definition) is 5. The average molecular weight is 646 g/mol. The summed E-state index contributed by atoms with van der Waals surface area (Å²) >= 11 is 0. The van der Waals surface area contributed by atoms with E-state index in [-0.39, 0.29) is 24.1 Å². The SMILES string of the molecule is CCCCCCCC/C=C\CCCCCCCC(=O)OC1CN(C)CC1OC(=O)CCCCCCC/C=C\CCCCCCCC. The Morgan fingerprint density at radius 1 is 0.478 bits per heavy atom. The van der Waals surface area contributed by atoms with Gasteiger partial charge in [0.1, 0.15) is 0 Å². The topological polar surface area (TPSA) is 55.8 Å². The van der Waals surface area contributed by atoms with Crippen LogP contribution in [-0.4, -0.2) is 49.2 Å². The molecule has 0 radical (unpaired) electrons. The minimum atomic E-state index is -0.348. The van der Waals surface area contributed by atoms with Crippen molar-refractivity contribution in [2.75, 3.05) is 20.1 Å². The van der Waals surface area contributed by atoms with Crippen LogP contribution in [0.25, 0.3) is 0 Å². The third kappa shape index (κ3) is 26.4. The van der Waals surface area contributed by atoms with Crippen LogP contribution >= 0.6 is 0 Å². The molecule has 268 valence electrons. The average Bonchev–Trinajstić information content (AvgIpc) is 3.38. The highest BCUT2D eigenvalue weighted by Gasteiger charge is 2.36. The van der Waals surface area contributed by atoms with Crippen molar-refractivity contribution in [3.63, 3.8) is 0 Å². The molecule has 0 aromatic heterocycles. The maximum absolute atomic E-state index is 12.5. The molecule has 0 aromatic rings. The van der Waals surface area contributed by atoms with Crippen LogP contribution in [0.15, 0.2) is 24.3 Å². The van der Waals surface area contributed by atoms with E-state index in [1.807, 2.05) is 7.05 Å². The molecule has 0 N–H and O–H groups in total. The number of esters is 2. The van der Waals surface area contributed by atoms with Crippen LogP contribution in [0.2, 0.25) is 0 Å². The van der Waals surface area contributed by atoms with Crippen molar-refractivity contribution in [2.24, 2.45) is 0 Å². The Morgan fingerprint density at radius 3 is 1.09 bits per heavy atom. The first-order valence-corrected chi connectivity index (χ1v) is 19.9. The quantitative estimate of drug-likeness (QED) is 0.0414. The maximum atomic E-state index is 12.5. The van der Waals surface area contributed by atoms with Crippen molar-refractivity contribution in [1.82, 2.24) is 4.90 Å². The lowest BCUT2D eigenvalue weighted by molar-refractivity contribution is -0.164. The summed E-state index contributed by atoms with van der Waals surface area (Å²) in [5.74, 6) is -0.313. The Kier molecular flexibility index (Phi) is 29.5. The van der Waals surface area contributed by atoms with Crippen LogP contribution < -0.4 is 0 Å². The molecular weight excluding hydrogens is 570 g/mol. The summed E-state index contributed by atoms with van der Waals surface area (Å²) in [7, 11) is 1.99. The van der Waals surface area contributed by atoms with Gasteiger partial charge in [-0.1, -0.05) is 141 Å². The lowest BCUT2D eigenvalue weighted by Crippen LogP contribution is -2.33. The number of ether oxygens (including phenoxy) is 2. The molecule has 1 heterocycles. The minimum Gasteiger partial charge on any atom is -0.457 e. The molecule has 0 bridgehead atoms. The van der Waals surface area contributed by atoms with Crippen molar-refractivity contribution in [2.45, 2.75) is 206 Å². The van der Waals surface area contributed by atoms with Gasteiger partial charge in [-0.15, -0.1) is 0 Å². The smallest absolute Gasteiger partial charge is 0.306 e. The van der Waals surface area contributed by atoms with E-state index in [2.05, 4.69) is 43.1 Å². The maximum Gasteiger partial charge on any atom is 0.306 e. The summed E-state index contributed by atoms with van der Waals surface area (Å²) in [4.78, 5) is 27.1. The lowest BCUT2D eigenvalue weighted by atomic mass is 10.1. The summed E-state index contributed by atoms with van der Waals surface area (Å²) < 4.78 is 11.5. The largest absolute Gasteiger partial charge is 0.457 e. The van der Waals surface area contributed by atoms with Gasteiger partial charge in [0.2, 0.25) is 0 Å². The van der Waals surface area contributed by atoms with Gasteiger partial charge in [0, 0.05) is 25.9 Å². The second kappa shape index (κ2) is 32.0. The van der Waals surface area contributed by atoms with Crippen LogP contribution in [0.5, 0.6) is 0 Å². The van der Waals surface area contributed by atoms with Gasteiger partial charge in [-0.05, 0) is 71.3 Å². The first kappa shape index (κ1) is 42.4. The standard InChI is InChI=1S/C41H75NO4/c1-4-6-8-10-12-14-16-18-20-22-24-26-28-30-32-34-40(43)45-38-36-42(3)37-39(38)46-41(44)35-33-31-29-27-25-23-21-19-17-15-13-11-9-7-5-2/h18-21,38-39H,4-17,22-37H2,1-3H3/b20-18-,21-19-. The first-order valence-electron chi connectivity index (χ1n) is 19.9. The van der Waals surface area contributed by atoms with Crippen molar-refractivity contribution in [3.8, 4) is 0 Å². The molecule has 2 atom stereocenters. The first-order chi connectivity index (χ1) is 22.6. The molecule has 0 amide bonds. The molecule has 0 aliphatic carbocycles. The van der Waals surface area contributed by atoms with E-state index >= 15 is 0 Å². The van der Waals surface area contributed by atoms with Gasteiger partial charge in [-0.2, -0.15) is 0 Å². The van der Waals surface area contributed by atoms with E-state index in [9.17, 15) is 9.59 Å². The fraction of sp³-hybridized carbons (Fsp3) is 0.854. The predicted molar refractivity (Wildman–Crippen MR) is 196 cm³/mol. The molecule has 1 aliphatic rings. The van der Waals surface area contributed by atoms with Crippen LogP contribution in [0.3, 0.4) is 0 Å². The van der Waals surface area contributed by atoms with E-state index in [0.717, 1.165) is 25.7 Å². The molecule has 1 saturated heterocycles. The lowest BCUT2D eigenvalue weighted by Gasteiger charge is -2.19. The molecule has 2 unspecified atom stereocenters. The monoisotopic (exact) mass is 646 g/mol. The molecule has 5 nitrogen and oxygen atoms in total. The van der Waals surface area contributed by atoms with Crippen molar-refractivity contribution in [1.29, 1.82) is 0 Å². The van der Waals surface area contributed by atoms with E-state index in [0.29, 0.717) is 25.9 Å². The Hall–Kier alpha value is -1.62. The minimum absolute atomic E-state index is 0.156. The van der Waals surface area contributed by atoms with Crippen molar-refractivity contribution < 1.29 is 19.1 Å². The van der Waals surface area contributed by atoms with E-state index in [1.54, 1.807) is 0 Å². The molecular formula is C41H75NO4. The zero-order valence-electron chi connectivity index (χ0n) is 30.8. The zero-order valence-corrected chi connectivity index (χ0v) is 30.8. The van der Waals surface area contributed by atoms with E-state index in [4.69, 9.17) is 9.47 Å². The predicted octanol–water partition coefficient (Wildman–Crippen LogP) is 11.8. The molecule has 5 heteroatoms. The molecule has 1 rings (SSSR count). The molecule has 0 spiro atoms. The van der Waals surface area contributed by atoms with Gasteiger partial charge >= 0.3 is 11.9 Å². The number of unbranched alkanes of at least 4 members (excludes halogenated alkanes) is 22. The van der Waals surface area contributed by atoms with E-state index in [1.165, 1.54) is 141 Å². The summed E-state index contributed by atoms with van der Waals surface area (Å²) in [5.41, 5.74) is 0. The highest BCUT2D eigenvalue weighted by molar-refractivity contribution is 5.70. The van der Waals surface area contributed by atoms with Gasteiger partial charge in [-0.25, -0.2) is 0 Å². The summed E-state index contributed by atoms with van der Waals surface area (Å²) in [6.07, 6.45) is 41.9. The highest BCUT2D eigenvalue weighted by Crippen LogP contribution is 2.19.